The number of aromatic nitrogens is 2. The molecule has 0 atom stereocenters. The summed E-state index contributed by atoms with van der Waals surface area (Å²) < 4.78 is 16.9. The molecule has 0 bridgehead atoms. The highest BCUT2D eigenvalue weighted by molar-refractivity contribution is 6.02. The van der Waals surface area contributed by atoms with Crippen molar-refractivity contribution in [3.8, 4) is 33.9 Å². The van der Waals surface area contributed by atoms with Gasteiger partial charge < -0.3 is 19.5 Å². The normalized spacial score (nSPS) is 14.0. The van der Waals surface area contributed by atoms with E-state index in [1.54, 1.807) is 14.2 Å². The molecule has 8 heteroatoms. The third-order valence-corrected chi connectivity index (χ3v) is 6.58. The van der Waals surface area contributed by atoms with Gasteiger partial charge in [0.2, 0.25) is 0 Å². The smallest absolute Gasteiger partial charge is 0.270 e. The molecule has 196 valence electrons. The lowest BCUT2D eigenvalue weighted by Crippen LogP contribution is -2.35. The predicted octanol–water partition coefficient (Wildman–Crippen LogP) is 4.53. The molecule has 0 spiro atoms. The van der Waals surface area contributed by atoms with Crippen LogP contribution in [0, 0.1) is 0 Å². The van der Waals surface area contributed by atoms with Crippen molar-refractivity contribution < 1.29 is 19.0 Å². The fourth-order valence-corrected chi connectivity index (χ4v) is 4.63. The van der Waals surface area contributed by atoms with Crippen molar-refractivity contribution in [2.45, 2.75) is 33.2 Å². The molecule has 0 aliphatic carbocycles. The SMILES string of the molecule is CCNC(=O)c1ncnc(-c2cc(C(C)C)c(OC)cc2OC)c1-c1ccc(CN2CCOCC2)cc1. The third-order valence-electron chi connectivity index (χ3n) is 6.58. The number of methoxy groups -OCH3 is 2. The van der Waals surface area contributed by atoms with Gasteiger partial charge in [0.15, 0.2) is 0 Å². The quantitative estimate of drug-likeness (QED) is 0.458. The van der Waals surface area contributed by atoms with Gasteiger partial charge in [-0.05, 0) is 35.6 Å². The largest absolute Gasteiger partial charge is 0.496 e. The van der Waals surface area contributed by atoms with Gasteiger partial charge in [-0.15, -0.1) is 0 Å². The van der Waals surface area contributed by atoms with Crippen molar-refractivity contribution in [1.82, 2.24) is 20.2 Å². The zero-order valence-corrected chi connectivity index (χ0v) is 22.3. The number of rotatable bonds is 9. The van der Waals surface area contributed by atoms with Gasteiger partial charge in [-0.25, -0.2) is 9.97 Å². The predicted molar refractivity (Wildman–Crippen MR) is 144 cm³/mol. The van der Waals surface area contributed by atoms with E-state index in [9.17, 15) is 4.79 Å². The minimum atomic E-state index is -0.241. The average Bonchev–Trinajstić information content (AvgIpc) is 2.93. The lowest BCUT2D eigenvalue weighted by atomic mass is 9.92. The molecule has 3 aromatic rings. The number of carbonyl (C=O) groups is 1. The molecule has 2 aromatic carbocycles. The fourth-order valence-electron chi connectivity index (χ4n) is 4.63. The molecule has 1 aliphatic heterocycles. The zero-order valence-electron chi connectivity index (χ0n) is 22.3. The molecule has 1 amide bonds. The van der Waals surface area contributed by atoms with Gasteiger partial charge in [-0.3, -0.25) is 9.69 Å². The Morgan fingerprint density at radius 3 is 2.38 bits per heavy atom. The highest BCUT2D eigenvalue weighted by Crippen LogP contribution is 2.42. The molecule has 1 fully saturated rings. The Balaban J connectivity index is 1.84. The van der Waals surface area contributed by atoms with Gasteiger partial charge in [-0.1, -0.05) is 38.1 Å². The highest BCUT2D eigenvalue weighted by Gasteiger charge is 2.24. The summed E-state index contributed by atoms with van der Waals surface area (Å²) in [4.78, 5) is 24.6. The van der Waals surface area contributed by atoms with Crippen molar-refractivity contribution in [3.63, 3.8) is 0 Å². The van der Waals surface area contributed by atoms with Crippen LogP contribution in [0.25, 0.3) is 22.4 Å². The van der Waals surface area contributed by atoms with E-state index in [4.69, 9.17) is 14.2 Å². The van der Waals surface area contributed by atoms with E-state index in [1.807, 2.05) is 31.2 Å². The second kappa shape index (κ2) is 12.2. The summed E-state index contributed by atoms with van der Waals surface area (Å²) in [5.74, 6) is 1.34. The van der Waals surface area contributed by atoms with Crippen LogP contribution in [0.2, 0.25) is 0 Å². The molecule has 8 nitrogen and oxygen atoms in total. The highest BCUT2D eigenvalue weighted by atomic mass is 16.5. The molecule has 4 rings (SSSR count). The topological polar surface area (TPSA) is 85.8 Å². The first-order valence-electron chi connectivity index (χ1n) is 12.8. The molecular formula is C29H36N4O4. The Morgan fingerprint density at radius 2 is 1.76 bits per heavy atom. The minimum Gasteiger partial charge on any atom is -0.496 e. The van der Waals surface area contributed by atoms with Gasteiger partial charge in [0.25, 0.3) is 5.91 Å². The van der Waals surface area contributed by atoms with Crippen molar-refractivity contribution in [3.05, 3.63) is 59.5 Å². The monoisotopic (exact) mass is 504 g/mol. The molecule has 0 saturated carbocycles. The number of benzene rings is 2. The molecule has 37 heavy (non-hydrogen) atoms. The maximum atomic E-state index is 13.1. The lowest BCUT2D eigenvalue weighted by Gasteiger charge is -2.26. The lowest BCUT2D eigenvalue weighted by molar-refractivity contribution is 0.0342. The zero-order chi connectivity index (χ0) is 26.4. The molecule has 1 N–H and O–H groups in total. The first-order chi connectivity index (χ1) is 18.0. The average molecular weight is 505 g/mol. The molecular weight excluding hydrogens is 468 g/mol. The summed E-state index contributed by atoms with van der Waals surface area (Å²) in [6, 6.07) is 12.2. The van der Waals surface area contributed by atoms with Crippen molar-refractivity contribution >= 4 is 5.91 Å². The summed E-state index contributed by atoms with van der Waals surface area (Å²) in [5.41, 5.74) is 5.52. The number of hydrogen-bond acceptors (Lipinski definition) is 7. The summed E-state index contributed by atoms with van der Waals surface area (Å²) in [6.07, 6.45) is 1.44. The van der Waals surface area contributed by atoms with Crippen molar-refractivity contribution in [2.24, 2.45) is 0 Å². The van der Waals surface area contributed by atoms with Crippen LogP contribution in [0.4, 0.5) is 0 Å². The molecule has 2 heterocycles. The number of amides is 1. The third kappa shape index (κ3) is 5.92. The number of nitrogens with one attached hydrogen (secondary N) is 1. The van der Waals surface area contributed by atoms with E-state index >= 15 is 0 Å². The van der Waals surface area contributed by atoms with Gasteiger partial charge >= 0.3 is 0 Å². The Morgan fingerprint density at radius 1 is 1.05 bits per heavy atom. The molecule has 0 unspecified atom stereocenters. The summed E-state index contributed by atoms with van der Waals surface area (Å²) in [6.45, 7) is 10.9. The van der Waals surface area contributed by atoms with E-state index in [0.29, 0.717) is 29.2 Å². The van der Waals surface area contributed by atoms with E-state index < -0.39 is 0 Å². The first-order valence-corrected chi connectivity index (χ1v) is 12.8. The van der Waals surface area contributed by atoms with Gasteiger partial charge in [0, 0.05) is 43.4 Å². The number of carbonyl (C=O) groups excluding carboxylic acids is 1. The second-order valence-corrected chi connectivity index (χ2v) is 9.34. The second-order valence-electron chi connectivity index (χ2n) is 9.34. The molecule has 1 aromatic heterocycles. The van der Waals surface area contributed by atoms with E-state index in [-0.39, 0.29) is 11.8 Å². The Bertz CT molecular complexity index is 1220. The van der Waals surface area contributed by atoms with E-state index in [0.717, 1.165) is 55.3 Å². The number of ether oxygens (including phenoxy) is 3. The van der Waals surface area contributed by atoms with Crippen LogP contribution < -0.4 is 14.8 Å². The summed E-state index contributed by atoms with van der Waals surface area (Å²) in [7, 11) is 3.28. The van der Waals surface area contributed by atoms with Crippen molar-refractivity contribution in [2.75, 3.05) is 47.1 Å². The van der Waals surface area contributed by atoms with Gasteiger partial charge in [0.05, 0.1) is 33.1 Å². The molecule has 0 radical (unpaired) electrons. The van der Waals surface area contributed by atoms with Crippen LogP contribution in [-0.2, 0) is 11.3 Å². The Kier molecular flexibility index (Phi) is 8.74. The van der Waals surface area contributed by atoms with Crippen LogP contribution in [0.1, 0.15) is 48.3 Å². The molecule has 1 aliphatic rings. The minimum absolute atomic E-state index is 0.215. The van der Waals surface area contributed by atoms with Gasteiger partial charge in [0.1, 0.15) is 23.5 Å². The van der Waals surface area contributed by atoms with Crippen LogP contribution in [0.15, 0.2) is 42.7 Å². The van der Waals surface area contributed by atoms with Crippen LogP contribution >= 0.6 is 0 Å². The maximum Gasteiger partial charge on any atom is 0.270 e. The van der Waals surface area contributed by atoms with Crippen LogP contribution in [0.5, 0.6) is 11.5 Å². The summed E-state index contributed by atoms with van der Waals surface area (Å²) >= 11 is 0. The van der Waals surface area contributed by atoms with Crippen LogP contribution in [-0.4, -0.2) is 67.8 Å². The number of hydrogen-bond donors (Lipinski definition) is 1. The van der Waals surface area contributed by atoms with Crippen LogP contribution in [0.3, 0.4) is 0 Å². The Hall–Kier alpha value is -3.49. The van der Waals surface area contributed by atoms with Gasteiger partial charge in [-0.2, -0.15) is 0 Å². The van der Waals surface area contributed by atoms with Crippen molar-refractivity contribution in [1.29, 1.82) is 0 Å². The number of nitrogens with zero attached hydrogens (tertiary/aromatic N) is 3. The fraction of sp³-hybridized carbons (Fsp3) is 0.414. The number of morpholine rings is 1. The van der Waals surface area contributed by atoms with E-state index in [1.165, 1.54) is 11.9 Å². The van der Waals surface area contributed by atoms with E-state index in [2.05, 4.69) is 46.2 Å². The Labute approximate surface area is 219 Å². The molecule has 1 saturated heterocycles. The standard InChI is InChI=1S/C29H36N4O4/c1-6-30-29(34)28-26(21-9-7-20(8-10-21)17-33-11-13-37-14-12-33)27(31-18-32-28)23-15-22(19(2)3)24(35-4)16-25(23)36-5/h7-10,15-16,18-19H,6,11-14,17H2,1-5H3,(H,30,34). The summed E-state index contributed by atoms with van der Waals surface area (Å²) in [5, 5.41) is 2.89. The maximum absolute atomic E-state index is 13.1. The first kappa shape index (κ1) is 26.6.